The Labute approximate surface area is 147 Å². The van der Waals surface area contributed by atoms with Gasteiger partial charge in [-0.05, 0) is 43.0 Å². The number of hydrogen-bond donors (Lipinski definition) is 0. The molecule has 0 N–H and O–H groups in total. The van der Waals surface area contributed by atoms with E-state index < -0.39 is 11.6 Å². The number of aromatic nitrogens is 2. The predicted octanol–water partition coefficient (Wildman–Crippen LogP) is 4.13. The van der Waals surface area contributed by atoms with Gasteiger partial charge in [0.2, 0.25) is 0 Å². The average Bonchev–Trinajstić information content (AvgIpc) is 2.93. The first-order valence-corrected chi connectivity index (χ1v) is 9.94. The first-order chi connectivity index (χ1) is 11.9. The third-order valence-electron chi connectivity index (χ3n) is 4.77. The van der Waals surface area contributed by atoms with Gasteiger partial charge >= 0.3 is 0 Å². The molecule has 25 heavy (non-hydrogen) atoms. The fourth-order valence-corrected chi connectivity index (χ4v) is 4.03. The summed E-state index contributed by atoms with van der Waals surface area (Å²) in [6.45, 7) is 3.62. The zero-order chi connectivity index (χ0) is 17.7. The Kier molecular flexibility index (Phi) is 3.87. The van der Waals surface area contributed by atoms with Gasteiger partial charge in [0.15, 0.2) is 11.6 Å². The average molecular weight is 359 g/mol. The summed E-state index contributed by atoms with van der Waals surface area (Å²) in [5.74, 6) is 2.46. The highest BCUT2D eigenvalue weighted by Gasteiger charge is 2.27. The molecule has 1 atom stereocenters. The number of hydrogen-bond acceptors (Lipinski definition) is 2. The Morgan fingerprint density at radius 1 is 1.16 bits per heavy atom. The number of nitrogens with zero attached hydrogens (tertiary/aromatic N) is 3. The van der Waals surface area contributed by atoms with Crippen molar-refractivity contribution in [2.45, 2.75) is 12.2 Å². The molecule has 6 heteroatoms. The van der Waals surface area contributed by atoms with Crippen molar-refractivity contribution in [2.24, 2.45) is 0 Å². The lowest BCUT2D eigenvalue weighted by molar-refractivity contribution is 0.502. The van der Waals surface area contributed by atoms with E-state index in [-0.39, 0.29) is 16.0 Å². The number of aryl methyl sites for hydroxylation is 1. The molecule has 0 radical (unpaired) electrons. The summed E-state index contributed by atoms with van der Waals surface area (Å²) in [4.78, 5) is 2.33. The Bertz CT molecular complexity index is 966. The lowest BCUT2D eigenvalue weighted by Crippen LogP contribution is -2.49. The summed E-state index contributed by atoms with van der Waals surface area (Å²) < 4.78 is 28.9. The van der Waals surface area contributed by atoms with E-state index in [2.05, 4.69) is 34.3 Å². The van der Waals surface area contributed by atoms with Gasteiger partial charge in [0.25, 0.3) is 0 Å². The second-order valence-electron chi connectivity index (χ2n) is 6.58. The van der Waals surface area contributed by atoms with Crippen molar-refractivity contribution in [3.05, 3.63) is 53.7 Å². The van der Waals surface area contributed by atoms with Crippen molar-refractivity contribution in [3.63, 3.8) is 0 Å². The maximum absolute atomic E-state index is 13.7. The van der Waals surface area contributed by atoms with Crippen LogP contribution in [0.3, 0.4) is 0 Å². The number of anilines is 1. The first kappa shape index (κ1) is 16.3. The van der Waals surface area contributed by atoms with Gasteiger partial charge in [0.1, 0.15) is 0 Å². The molecule has 4 rings (SSSR count). The van der Waals surface area contributed by atoms with E-state index in [1.165, 1.54) is 6.07 Å². The summed E-state index contributed by atoms with van der Waals surface area (Å²) in [7, 11) is 0.203. The monoisotopic (exact) mass is 359 g/mol. The molecule has 1 unspecified atom stereocenters. The fourth-order valence-electron chi connectivity index (χ4n) is 3.16. The van der Waals surface area contributed by atoms with Gasteiger partial charge in [-0.1, -0.05) is 5.87 Å². The number of halogens is 2. The van der Waals surface area contributed by atoms with E-state index in [9.17, 15) is 8.78 Å². The molecule has 1 fully saturated rings. The Balaban J connectivity index is 1.68. The normalized spacial score (nSPS) is 16.2. The van der Waals surface area contributed by atoms with Crippen LogP contribution in [0.15, 0.2) is 36.5 Å². The van der Waals surface area contributed by atoms with Crippen LogP contribution in [0.2, 0.25) is 0 Å². The van der Waals surface area contributed by atoms with Crippen LogP contribution in [0, 0.1) is 18.6 Å². The second-order valence-corrected chi connectivity index (χ2v) is 8.62. The number of rotatable bonds is 3. The minimum atomic E-state index is -0.856. The molecule has 1 saturated heterocycles. The standard InChI is InChI=1S/C19H19F2N3S/c1-12-6-15(8-17(20)19(12)21)24-18-5-4-14(7-13(18)9-22-24)23-10-16(11-23)25(2)3/h4-9,16H,2,10-11H2,1,3H3. The number of benzene rings is 2. The van der Waals surface area contributed by atoms with Gasteiger partial charge in [0.05, 0.1) is 17.4 Å². The van der Waals surface area contributed by atoms with Crippen LogP contribution in [-0.2, 0) is 0 Å². The lowest BCUT2D eigenvalue weighted by atomic mass is 10.1. The molecule has 0 amide bonds. The van der Waals surface area contributed by atoms with E-state index in [1.807, 2.05) is 6.07 Å². The van der Waals surface area contributed by atoms with E-state index in [0.29, 0.717) is 10.9 Å². The zero-order valence-corrected chi connectivity index (χ0v) is 15.0. The minimum Gasteiger partial charge on any atom is -0.369 e. The molecule has 0 spiro atoms. The fraction of sp³-hybridized carbons (Fsp3) is 0.263. The maximum atomic E-state index is 13.7. The molecule has 3 aromatic rings. The van der Waals surface area contributed by atoms with Gasteiger partial charge in [0, 0.05) is 35.5 Å². The molecule has 1 aromatic heterocycles. The molecule has 2 aromatic carbocycles. The summed E-state index contributed by atoms with van der Waals surface area (Å²) in [5, 5.41) is 6.02. The van der Waals surface area contributed by atoms with Gasteiger partial charge < -0.3 is 4.90 Å². The maximum Gasteiger partial charge on any atom is 0.161 e. The Morgan fingerprint density at radius 3 is 2.60 bits per heavy atom. The van der Waals surface area contributed by atoms with Crippen LogP contribution in [0.5, 0.6) is 0 Å². The molecule has 2 heterocycles. The SMILES string of the molecule is C=S(C)C1CN(c2ccc3c(cnn3-c3cc(C)c(F)c(F)c3)c2)C1. The van der Waals surface area contributed by atoms with Crippen molar-refractivity contribution in [3.8, 4) is 5.69 Å². The summed E-state index contributed by atoms with van der Waals surface area (Å²) in [6, 6.07) is 8.92. The van der Waals surface area contributed by atoms with Crippen LogP contribution in [0.4, 0.5) is 14.5 Å². The van der Waals surface area contributed by atoms with E-state index >= 15 is 0 Å². The molecule has 0 aliphatic carbocycles. The molecule has 1 aliphatic heterocycles. The van der Waals surface area contributed by atoms with Crippen molar-refractivity contribution in [1.29, 1.82) is 0 Å². The Hall–Kier alpha value is -2.21. The molecule has 3 nitrogen and oxygen atoms in total. The Morgan fingerprint density at radius 2 is 1.92 bits per heavy atom. The van der Waals surface area contributed by atoms with Gasteiger partial charge in [-0.3, -0.25) is 0 Å². The zero-order valence-electron chi connectivity index (χ0n) is 14.2. The molecular weight excluding hydrogens is 340 g/mol. The van der Waals surface area contributed by atoms with Gasteiger partial charge in [-0.25, -0.2) is 13.5 Å². The minimum absolute atomic E-state index is 0.203. The third kappa shape index (κ3) is 2.74. The molecule has 130 valence electrons. The van der Waals surface area contributed by atoms with Crippen LogP contribution in [-0.4, -0.2) is 40.2 Å². The van der Waals surface area contributed by atoms with Crippen LogP contribution in [0.25, 0.3) is 16.6 Å². The predicted molar refractivity (Wildman–Crippen MR) is 102 cm³/mol. The van der Waals surface area contributed by atoms with Crippen molar-refractivity contribution in [1.82, 2.24) is 9.78 Å². The van der Waals surface area contributed by atoms with Crippen molar-refractivity contribution >= 4 is 32.9 Å². The van der Waals surface area contributed by atoms with Gasteiger partial charge in [-0.15, -0.1) is 0 Å². The molecule has 0 saturated carbocycles. The quantitative estimate of drug-likeness (QED) is 0.656. The van der Waals surface area contributed by atoms with Gasteiger partial charge in [-0.2, -0.15) is 15.6 Å². The lowest BCUT2D eigenvalue weighted by Gasteiger charge is -2.41. The molecule has 1 aliphatic rings. The highest BCUT2D eigenvalue weighted by Crippen LogP contribution is 2.32. The summed E-state index contributed by atoms with van der Waals surface area (Å²) >= 11 is 0. The van der Waals surface area contributed by atoms with E-state index in [0.717, 1.165) is 29.7 Å². The molecule has 0 bridgehead atoms. The third-order valence-corrected chi connectivity index (χ3v) is 6.21. The van der Waals surface area contributed by atoms with Crippen molar-refractivity contribution < 1.29 is 8.78 Å². The van der Waals surface area contributed by atoms with E-state index in [4.69, 9.17) is 0 Å². The van der Waals surface area contributed by atoms with Crippen LogP contribution in [0.1, 0.15) is 5.56 Å². The van der Waals surface area contributed by atoms with Crippen LogP contribution >= 0.6 is 10.5 Å². The second kappa shape index (κ2) is 5.95. The first-order valence-electron chi connectivity index (χ1n) is 8.07. The highest BCUT2D eigenvalue weighted by molar-refractivity contribution is 8.14. The van der Waals surface area contributed by atoms with Crippen LogP contribution < -0.4 is 4.90 Å². The molecular formula is C19H19F2N3S. The highest BCUT2D eigenvalue weighted by atomic mass is 32.2. The number of fused-ring (bicyclic) bond motifs is 1. The topological polar surface area (TPSA) is 21.1 Å². The smallest absolute Gasteiger partial charge is 0.161 e. The summed E-state index contributed by atoms with van der Waals surface area (Å²) in [5.41, 5.74) is 2.83. The van der Waals surface area contributed by atoms with E-state index in [1.54, 1.807) is 23.9 Å². The summed E-state index contributed by atoms with van der Waals surface area (Å²) in [6.07, 6.45) is 3.94. The van der Waals surface area contributed by atoms with Crippen molar-refractivity contribution in [2.75, 3.05) is 24.2 Å². The largest absolute Gasteiger partial charge is 0.369 e.